The van der Waals surface area contributed by atoms with Crippen LogP contribution in [0, 0.1) is 20.8 Å². The smallest absolute Gasteiger partial charge is 0.238 e. The van der Waals surface area contributed by atoms with E-state index in [2.05, 4.69) is 15.5 Å². The normalized spacial score (nSPS) is 13.4. The van der Waals surface area contributed by atoms with Gasteiger partial charge in [-0.2, -0.15) is 0 Å². The van der Waals surface area contributed by atoms with Crippen LogP contribution < -0.4 is 10.6 Å². The number of halogens is 1. The molecule has 0 heterocycles. The number of nitrogens with zero attached hydrogens (tertiary/aromatic N) is 1. The summed E-state index contributed by atoms with van der Waals surface area (Å²) in [6, 6.07) is 11.8. The van der Waals surface area contributed by atoms with Crippen LogP contribution in [0.15, 0.2) is 36.4 Å². The molecule has 0 aliphatic heterocycles. The first-order chi connectivity index (χ1) is 13.8. The predicted octanol–water partition coefficient (Wildman–Crippen LogP) is 4.70. The van der Waals surface area contributed by atoms with Crippen molar-refractivity contribution in [2.45, 2.75) is 46.1 Å². The Morgan fingerprint density at radius 1 is 1.00 bits per heavy atom. The molecule has 0 spiro atoms. The van der Waals surface area contributed by atoms with Gasteiger partial charge in [-0.25, -0.2) is 0 Å². The molecular formula is C23H28ClN3O2. The molecule has 5 nitrogen and oxygen atoms in total. The monoisotopic (exact) mass is 413 g/mol. The molecular weight excluding hydrogens is 386 g/mol. The van der Waals surface area contributed by atoms with Crippen molar-refractivity contribution in [2.24, 2.45) is 0 Å². The minimum atomic E-state index is -0.0730. The Labute approximate surface area is 177 Å². The van der Waals surface area contributed by atoms with E-state index in [9.17, 15) is 9.59 Å². The van der Waals surface area contributed by atoms with Gasteiger partial charge in [0.15, 0.2) is 0 Å². The highest BCUT2D eigenvalue weighted by Gasteiger charge is 2.30. The maximum absolute atomic E-state index is 12.6. The third-order valence-electron chi connectivity index (χ3n) is 5.32. The molecule has 3 rings (SSSR count). The number of carbonyl (C=O) groups excluding carboxylic acids is 2. The van der Waals surface area contributed by atoms with Crippen LogP contribution in [0.4, 0.5) is 11.4 Å². The molecule has 0 radical (unpaired) electrons. The van der Waals surface area contributed by atoms with E-state index >= 15 is 0 Å². The third-order valence-corrected chi connectivity index (χ3v) is 5.73. The van der Waals surface area contributed by atoms with E-state index in [4.69, 9.17) is 11.6 Å². The van der Waals surface area contributed by atoms with E-state index in [1.54, 1.807) is 6.07 Å². The summed E-state index contributed by atoms with van der Waals surface area (Å²) in [7, 11) is 0. The largest absolute Gasteiger partial charge is 0.326 e. The van der Waals surface area contributed by atoms with Crippen molar-refractivity contribution >= 4 is 34.8 Å². The van der Waals surface area contributed by atoms with E-state index in [0.717, 1.165) is 40.9 Å². The van der Waals surface area contributed by atoms with Gasteiger partial charge in [0.2, 0.25) is 11.8 Å². The molecule has 2 N–H and O–H groups in total. The average Bonchev–Trinajstić information content (AvgIpc) is 3.51. The highest BCUT2D eigenvalue weighted by molar-refractivity contribution is 6.31. The number of hydrogen-bond acceptors (Lipinski definition) is 3. The molecule has 0 saturated heterocycles. The second-order valence-corrected chi connectivity index (χ2v) is 8.13. The standard InChI is InChI=1S/C23H28ClN3O2/c1-15-6-4-7-16(2)23(15)26-22(29)14-27(18-10-11-18)13-12-21(28)25-20-9-5-8-19(24)17(20)3/h4-9,18H,10-14H2,1-3H3,(H,25,28)(H,26,29). The van der Waals surface area contributed by atoms with Gasteiger partial charge in [0, 0.05) is 35.4 Å². The topological polar surface area (TPSA) is 61.4 Å². The van der Waals surface area contributed by atoms with Crippen molar-refractivity contribution < 1.29 is 9.59 Å². The van der Waals surface area contributed by atoms with Crippen LogP contribution in [0.25, 0.3) is 0 Å². The summed E-state index contributed by atoms with van der Waals surface area (Å²) in [6.45, 7) is 6.71. The molecule has 0 unspecified atom stereocenters. The molecule has 2 aromatic carbocycles. The van der Waals surface area contributed by atoms with Crippen molar-refractivity contribution in [3.8, 4) is 0 Å². The molecule has 154 valence electrons. The number of amides is 2. The minimum absolute atomic E-state index is 0.0413. The number of carbonyl (C=O) groups is 2. The average molecular weight is 414 g/mol. The molecule has 1 fully saturated rings. The Morgan fingerprint density at radius 3 is 2.31 bits per heavy atom. The van der Waals surface area contributed by atoms with E-state index in [1.807, 2.05) is 51.1 Å². The highest BCUT2D eigenvalue weighted by Crippen LogP contribution is 2.27. The van der Waals surface area contributed by atoms with Crippen molar-refractivity contribution in [3.05, 3.63) is 58.1 Å². The second kappa shape index (κ2) is 9.42. The van der Waals surface area contributed by atoms with E-state index in [1.165, 1.54) is 0 Å². The fourth-order valence-corrected chi connectivity index (χ4v) is 3.58. The summed E-state index contributed by atoms with van der Waals surface area (Å²) in [6.07, 6.45) is 2.48. The SMILES string of the molecule is Cc1cccc(C)c1NC(=O)CN(CCC(=O)Nc1cccc(Cl)c1C)C1CC1. The Hall–Kier alpha value is -2.37. The van der Waals surface area contributed by atoms with Crippen LogP contribution in [-0.4, -0.2) is 35.8 Å². The summed E-state index contributed by atoms with van der Waals surface area (Å²) in [5.41, 5.74) is 4.56. The Balaban J connectivity index is 1.54. The molecule has 1 aliphatic rings. The molecule has 0 atom stereocenters. The summed E-state index contributed by atoms with van der Waals surface area (Å²) >= 11 is 6.12. The number of rotatable bonds is 8. The van der Waals surface area contributed by atoms with Crippen LogP contribution in [0.1, 0.15) is 36.0 Å². The third kappa shape index (κ3) is 5.81. The van der Waals surface area contributed by atoms with Crippen molar-refractivity contribution in [3.63, 3.8) is 0 Å². The summed E-state index contributed by atoms with van der Waals surface area (Å²) in [5, 5.41) is 6.59. The maximum Gasteiger partial charge on any atom is 0.238 e. The highest BCUT2D eigenvalue weighted by atomic mass is 35.5. The molecule has 0 aromatic heterocycles. The second-order valence-electron chi connectivity index (χ2n) is 7.73. The number of benzene rings is 2. The lowest BCUT2D eigenvalue weighted by Crippen LogP contribution is -2.37. The number of para-hydroxylation sites is 1. The molecule has 1 saturated carbocycles. The van der Waals surface area contributed by atoms with Crippen LogP contribution in [-0.2, 0) is 9.59 Å². The maximum atomic E-state index is 12.6. The lowest BCUT2D eigenvalue weighted by Gasteiger charge is -2.22. The molecule has 1 aliphatic carbocycles. The summed E-state index contributed by atoms with van der Waals surface area (Å²) in [4.78, 5) is 27.1. The number of hydrogen-bond donors (Lipinski definition) is 2. The Morgan fingerprint density at radius 2 is 1.66 bits per heavy atom. The van der Waals surface area contributed by atoms with Crippen molar-refractivity contribution in [2.75, 3.05) is 23.7 Å². The van der Waals surface area contributed by atoms with Crippen LogP contribution >= 0.6 is 11.6 Å². The van der Waals surface area contributed by atoms with Gasteiger partial charge >= 0.3 is 0 Å². The molecule has 6 heteroatoms. The van der Waals surface area contributed by atoms with Gasteiger partial charge in [0.05, 0.1) is 6.54 Å². The number of aryl methyl sites for hydroxylation is 2. The van der Waals surface area contributed by atoms with Crippen molar-refractivity contribution in [1.29, 1.82) is 0 Å². The first kappa shape index (κ1) is 21.3. The van der Waals surface area contributed by atoms with Gasteiger partial charge in [-0.1, -0.05) is 35.9 Å². The first-order valence-electron chi connectivity index (χ1n) is 10.00. The van der Waals surface area contributed by atoms with Gasteiger partial charge in [-0.05, 0) is 62.4 Å². The fraction of sp³-hybridized carbons (Fsp3) is 0.391. The van der Waals surface area contributed by atoms with Gasteiger partial charge in [0.1, 0.15) is 0 Å². The van der Waals surface area contributed by atoms with Crippen molar-refractivity contribution in [1.82, 2.24) is 4.90 Å². The zero-order valence-corrected chi connectivity index (χ0v) is 18.0. The van der Waals surface area contributed by atoms with E-state index in [-0.39, 0.29) is 11.8 Å². The number of nitrogens with one attached hydrogen (secondary N) is 2. The molecule has 2 aromatic rings. The predicted molar refractivity (Wildman–Crippen MR) is 119 cm³/mol. The number of anilines is 2. The Bertz CT molecular complexity index is 889. The first-order valence-corrected chi connectivity index (χ1v) is 10.4. The summed E-state index contributed by atoms with van der Waals surface area (Å²) < 4.78 is 0. The zero-order chi connectivity index (χ0) is 21.0. The van der Waals surface area contributed by atoms with Gasteiger partial charge in [-0.3, -0.25) is 14.5 Å². The van der Waals surface area contributed by atoms with Crippen LogP contribution in [0.3, 0.4) is 0 Å². The Kier molecular flexibility index (Phi) is 6.93. The van der Waals surface area contributed by atoms with E-state index in [0.29, 0.717) is 30.6 Å². The zero-order valence-electron chi connectivity index (χ0n) is 17.2. The van der Waals surface area contributed by atoms with E-state index < -0.39 is 0 Å². The molecule has 29 heavy (non-hydrogen) atoms. The van der Waals surface area contributed by atoms with Crippen LogP contribution in [0.2, 0.25) is 5.02 Å². The molecule has 0 bridgehead atoms. The lowest BCUT2D eigenvalue weighted by atomic mass is 10.1. The van der Waals surface area contributed by atoms with Gasteiger partial charge in [0.25, 0.3) is 0 Å². The quantitative estimate of drug-likeness (QED) is 0.659. The molecule has 2 amide bonds. The summed E-state index contributed by atoms with van der Waals surface area (Å²) in [5.74, 6) is -0.114. The van der Waals surface area contributed by atoms with Crippen LogP contribution in [0.5, 0.6) is 0 Å². The fourth-order valence-electron chi connectivity index (χ4n) is 3.41. The lowest BCUT2D eigenvalue weighted by molar-refractivity contribution is -0.119. The minimum Gasteiger partial charge on any atom is -0.326 e. The van der Waals surface area contributed by atoms with Gasteiger partial charge < -0.3 is 10.6 Å². The van der Waals surface area contributed by atoms with Gasteiger partial charge in [-0.15, -0.1) is 0 Å².